The first-order chi connectivity index (χ1) is 5.04. The highest BCUT2D eigenvalue weighted by atomic mass is 28.3. The van der Waals surface area contributed by atoms with Crippen molar-refractivity contribution < 1.29 is 0 Å². The molecule has 0 heterocycles. The van der Waals surface area contributed by atoms with Crippen LogP contribution in [-0.2, 0) is 0 Å². The van der Waals surface area contributed by atoms with Gasteiger partial charge in [0.15, 0.2) is 0 Å². The summed E-state index contributed by atoms with van der Waals surface area (Å²) in [6.07, 6.45) is 6.45. The lowest BCUT2D eigenvalue weighted by Gasteiger charge is -2.24. The second-order valence-electron chi connectivity index (χ2n) is 4.87. The van der Waals surface area contributed by atoms with Crippen molar-refractivity contribution in [3.63, 3.8) is 0 Å². The third-order valence-corrected chi connectivity index (χ3v) is 6.01. The van der Waals surface area contributed by atoms with Crippen LogP contribution >= 0.6 is 0 Å². The van der Waals surface area contributed by atoms with Gasteiger partial charge in [0.05, 0.1) is 0 Å². The van der Waals surface area contributed by atoms with E-state index in [1.807, 2.05) is 0 Å². The van der Waals surface area contributed by atoms with E-state index in [1.54, 1.807) is 0 Å². The molecule has 0 radical (unpaired) electrons. The summed E-state index contributed by atoms with van der Waals surface area (Å²) < 4.78 is 0. The van der Waals surface area contributed by atoms with Crippen molar-refractivity contribution in [1.29, 1.82) is 0 Å². The summed E-state index contributed by atoms with van der Waals surface area (Å²) in [5, 5.41) is 0. The molecule has 1 fully saturated rings. The summed E-state index contributed by atoms with van der Waals surface area (Å²) in [5.41, 5.74) is 1.06. The molecule has 1 rings (SSSR count). The van der Waals surface area contributed by atoms with Gasteiger partial charge in [-0.05, 0) is 24.3 Å². The predicted molar refractivity (Wildman–Crippen MR) is 54.6 cm³/mol. The van der Waals surface area contributed by atoms with E-state index in [0.29, 0.717) is 0 Å². The zero-order valence-corrected chi connectivity index (χ0v) is 9.06. The molecule has 1 heteroatoms. The van der Waals surface area contributed by atoms with Crippen LogP contribution in [0, 0.1) is 5.92 Å². The van der Waals surface area contributed by atoms with Crippen molar-refractivity contribution in [2.45, 2.75) is 44.4 Å². The average molecular weight is 168 g/mol. The molecule has 1 aliphatic rings. The summed E-state index contributed by atoms with van der Waals surface area (Å²) in [6, 6.07) is 0. The molecule has 11 heavy (non-hydrogen) atoms. The Hall–Kier alpha value is -0.0431. The van der Waals surface area contributed by atoms with E-state index in [4.69, 9.17) is 0 Å². The molecule has 2 unspecified atom stereocenters. The first kappa shape index (κ1) is 9.05. The minimum absolute atomic E-state index is 0.830. The molecule has 0 aromatic heterocycles. The van der Waals surface area contributed by atoms with Crippen molar-refractivity contribution in [3.8, 4) is 0 Å². The zero-order chi connectivity index (χ0) is 8.48. The third-order valence-electron chi connectivity index (χ3n) is 3.03. The molecule has 0 aromatic carbocycles. The van der Waals surface area contributed by atoms with Gasteiger partial charge in [0, 0.05) is 8.07 Å². The summed E-state index contributed by atoms with van der Waals surface area (Å²) in [7, 11) is -0.830. The van der Waals surface area contributed by atoms with Crippen LogP contribution in [0.15, 0.2) is 12.7 Å². The maximum atomic E-state index is 3.87. The lowest BCUT2D eigenvalue weighted by Crippen LogP contribution is -2.26. The topological polar surface area (TPSA) is 0 Å². The fourth-order valence-corrected chi connectivity index (χ4v) is 4.06. The molecule has 0 amide bonds. The van der Waals surface area contributed by atoms with Gasteiger partial charge in [-0.3, -0.25) is 0 Å². The smallest absolute Gasteiger partial charge is 0.0474 e. The Morgan fingerprint density at radius 1 is 1.27 bits per heavy atom. The molecule has 0 aliphatic heterocycles. The van der Waals surface area contributed by atoms with Crippen LogP contribution in [-0.4, -0.2) is 8.07 Å². The van der Waals surface area contributed by atoms with Crippen molar-refractivity contribution in [3.05, 3.63) is 12.7 Å². The minimum Gasteiger partial charge on any atom is -0.103 e. The predicted octanol–water partition coefficient (Wildman–Crippen LogP) is 3.68. The van der Waals surface area contributed by atoms with E-state index < -0.39 is 8.07 Å². The number of allylic oxidation sites excluding steroid dienone is 1. The molecule has 0 spiro atoms. The lowest BCUT2D eigenvalue weighted by atomic mass is 10.1. The quantitative estimate of drug-likeness (QED) is 0.436. The summed E-state index contributed by atoms with van der Waals surface area (Å²) in [6.45, 7) is 11.3. The summed E-state index contributed by atoms with van der Waals surface area (Å²) in [5.74, 6) is 0.840. The van der Waals surface area contributed by atoms with Crippen LogP contribution in [0.5, 0.6) is 0 Å². The van der Waals surface area contributed by atoms with Crippen molar-refractivity contribution in [1.82, 2.24) is 0 Å². The van der Waals surface area contributed by atoms with E-state index in [2.05, 4.69) is 32.3 Å². The number of rotatable bonds is 2. The third kappa shape index (κ3) is 2.19. The van der Waals surface area contributed by atoms with Crippen LogP contribution in [0.2, 0.25) is 25.2 Å². The van der Waals surface area contributed by atoms with Crippen LogP contribution in [0.4, 0.5) is 0 Å². The van der Waals surface area contributed by atoms with E-state index in [0.717, 1.165) is 11.5 Å². The average Bonchev–Trinajstić information content (AvgIpc) is 2.32. The van der Waals surface area contributed by atoms with Crippen molar-refractivity contribution in [2.24, 2.45) is 5.92 Å². The number of hydrogen-bond acceptors (Lipinski definition) is 0. The molecule has 2 atom stereocenters. The Kier molecular flexibility index (Phi) is 2.58. The molecule has 64 valence electrons. The van der Waals surface area contributed by atoms with E-state index in [9.17, 15) is 0 Å². The fraction of sp³-hybridized carbons (Fsp3) is 0.800. The second kappa shape index (κ2) is 3.14. The maximum absolute atomic E-state index is 3.87. The highest BCUT2D eigenvalue weighted by Gasteiger charge is 2.32. The normalized spacial score (nSPS) is 32.3. The standard InChI is InChI=1S/C10H20Si/c1-5-9-6-7-10(8-9)11(2,3)4/h5,9-10H,1,6-8H2,2-4H3. The SMILES string of the molecule is C=CC1CCC([Si](C)(C)C)C1. The highest BCUT2D eigenvalue weighted by Crippen LogP contribution is 2.42. The van der Waals surface area contributed by atoms with Gasteiger partial charge in [-0.15, -0.1) is 6.58 Å². The fourth-order valence-electron chi connectivity index (χ4n) is 2.02. The molecule has 0 saturated heterocycles. The molecule has 1 aliphatic carbocycles. The first-order valence-electron chi connectivity index (χ1n) is 4.66. The van der Waals surface area contributed by atoms with Crippen molar-refractivity contribution in [2.75, 3.05) is 0 Å². The molecule has 0 aromatic rings. The molecule has 0 nitrogen and oxygen atoms in total. The Morgan fingerprint density at radius 3 is 2.18 bits per heavy atom. The van der Waals surface area contributed by atoms with Gasteiger partial charge >= 0.3 is 0 Å². The van der Waals surface area contributed by atoms with Gasteiger partial charge in [0.1, 0.15) is 0 Å². The Morgan fingerprint density at radius 2 is 1.91 bits per heavy atom. The molecule has 0 N–H and O–H groups in total. The zero-order valence-electron chi connectivity index (χ0n) is 8.06. The van der Waals surface area contributed by atoms with E-state index in [-0.39, 0.29) is 0 Å². The molecular weight excluding hydrogens is 148 g/mol. The van der Waals surface area contributed by atoms with Crippen LogP contribution < -0.4 is 0 Å². The Bertz CT molecular complexity index is 143. The van der Waals surface area contributed by atoms with Crippen molar-refractivity contribution >= 4 is 8.07 Å². The van der Waals surface area contributed by atoms with Crippen LogP contribution in [0.25, 0.3) is 0 Å². The van der Waals surface area contributed by atoms with Crippen LogP contribution in [0.1, 0.15) is 19.3 Å². The van der Waals surface area contributed by atoms with Gasteiger partial charge < -0.3 is 0 Å². The monoisotopic (exact) mass is 168 g/mol. The Balaban J connectivity index is 2.48. The lowest BCUT2D eigenvalue weighted by molar-refractivity contribution is 0.685. The summed E-state index contributed by atoms with van der Waals surface area (Å²) >= 11 is 0. The molecular formula is C10H20Si. The second-order valence-corrected chi connectivity index (χ2v) is 10.4. The Labute approximate surface area is 71.7 Å². The summed E-state index contributed by atoms with van der Waals surface area (Å²) in [4.78, 5) is 0. The van der Waals surface area contributed by atoms with Gasteiger partial charge in [0.25, 0.3) is 0 Å². The first-order valence-corrected chi connectivity index (χ1v) is 8.24. The van der Waals surface area contributed by atoms with Crippen LogP contribution in [0.3, 0.4) is 0 Å². The molecule has 0 bridgehead atoms. The van der Waals surface area contributed by atoms with Gasteiger partial charge in [-0.1, -0.05) is 32.1 Å². The maximum Gasteiger partial charge on any atom is 0.0474 e. The number of hydrogen-bond donors (Lipinski definition) is 0. The van der Waals surface area contributed by atoms with Gasteiger partial charge in [-0.2, -0.15) is 0 Å². The van der Waals surface area contributed by atoms with E-state index in [1.165, 1.54) is 19.3 Å². The largest absolute Gasteiger partial charge is 0.103 e. The van der Waals surface area contributed by atoms with Gasteiger partial charge in [-0.25, -0.2) is 0 Å². The van der Waals surface area contributed by atoms with Gasteiger partial charge in [0.2, 0.25) is 0 Å². The van der Waals surface area contributed by atoms with E-state index >= 15 is 0 Å². The highest BCUT2D eigenvalue weighted by molar-refractivity contribution is 6.77. The molecule has 1 saturated carbocycles. The minimum atomic E-state index is -0.830.